The molecule has 0 bridgehead atoms. The van der Waals surface area contributed by atoms with Gasteiger partial charge in [-0.05, 0) is 23.1 Å². The van der Waals surface area contributed by atoms with E-state index in [2.05, 4.69) is 9.97 Å². The SMILES string of the molecule is COc1cc2c(=O)n(CCN(C)C(=O)OCc3cnc([N+](=O)[O-])n3C)c3c4cc5c(cc4ncc3c2cc1OC)OCO5. The molecule has 0 fully saturated rings. The first-order chi connectivity index (χ1) is 20.7. The van der Waals surface area contributed by atoms with Crippen LogP contribution in [0.2, 0.25) is 0 Å². The molecular weight excluding hydrogens is 564 g/mol. The van der Waals surface area contributed by atoms with Gasteiger partial charge in [0.15, 0.2) is 35.3 Å². The van der Waals surface area contributed by atoms with Crippen LogP contribution in [0, 0.1) is 10.1 Å². The number of hydrogen-bond acceptors (Lipinski definition) is 11. The number of aromatic nitrogens is 4. The van der Waals surface area contributed by atoms with E-state index in [1.807, 2.05) is 0 Å². The number of nitro groups is 1. The Morgan fingerprint density at radius 2 is 1.72 bits per heavy atom. The summed E-state index contributed by atoms with van der Waals surface area (Å²) in [7, 11) is 6.01. The fourth-order valence-electron chi connectivity index (χ4n) is 5.12. The molecule has 0 saturated carbocycles. The van der Waals surface area contributed by atoms with Gasteiger partial charge in [0.2, 0.25) is 6.79 Å². The molecule has 15 heteroatoms. The summed E-state index contributed by atoms with van der Waals surface area (Å²) in [6.07, 6.45) is 2.29. The van der Waals surface area contributed by atoms with E-state index < -0.39 is 11.0 Å². The smallest absolute Gasteiger partial charge is 0.434 e. The molecule has 3 aromatic heterocycles. The van der Waals surface area contributed by atoms with Gasteiger partial charge >= 0.3 is 12.0 Å². The van der Waals surface area contributed by atoms with Crippen molar-refractivity contribution in [3.05, 3.63) is 62.8 Å². The average molecular weight is 591 g/mol. The quantitative estimate of drug-likeness (QED) is 0.148. The number of benzene rings is 2. The molecule has 0 aliphatic carbocycles. The lowest BCUT2D eigenvalue weighted by Gasteiger charge is -2.20. The van der Waals surface area contributed by atoms with Crippen LogP contribution in [-0.4, -0.2) is 69.6 Å². The minimum Gasteiger partial charge on any atom is -0.493 e. The van der Waals surface area contributed by atoms with Crippen molar-refractivity contribution in [2.24, 2.45) is 7.05 Å². The van der Waals surface area contributed by atoms with Crippen LogP contribution >= 0.6 is 0 Å². The molecule has 0 saturated heterocycles. The standard InChI is InChI=1S/C28H26N6O9/c1-31(28(36)41-13-15-11-30-27(32(15)2)34(37)38)5-6-33-25-18-9-23-24(43-14-42-23)10-20(18)29-12-19(25)16-7-21(39-3)22(40-4)8-17(16)26(33)35/h7-12H,5-6,13-14H2,1-4H3. The van der Waals surface area contributed by atoms with E-state index in [9.17, 15) is 19.7 Å². The van der Waals surface area contributed by atoms with E-state index in [1.54, 1.807) is 35.0 Å². The lowest BCUT2D eigenvalue weighted by Crippen LogP contribution is -2.33. The number of fused-ring (bicyclic) bond motifs is 6. The van der Waals surface area contributed by atoms with Crippen molar-refractivity contribution in [2.75, 3.05) is 34.6 Å². The van der Waals surface area contributed by atoms with Gasteiger partial charge in [-0.15, -0.1) is 0 Å². The molecule has 15 nitrogen and oxygen atoms in total. The first-order valence-corrected chi connectivity index (χ1v) is 13.0. The molecule has 2 aromatic carbocycles. The second-order valence-corrected chi connectivity index (χ2v) is 9.79. The summed E-state index contributed by atoms with van der Waals surface area (Å²) in [5, 5.41) is 13.4. The average Bonchev–Trinajstić information content (AvgIpc) is 3.63. The zero-order valence-corrected chi connectivity index (χ0v) is 23.7. The fourth-order valence-corrected chi connectivity index (χ4v) is 5.12. The number of amides is 1. The lowest BCUT2D eigenvalue weighted by atomic mass is 10.0. The fraction of sp³-hybridized carbons (Fsp3) is 0.286. The Balaban J connectivity index is 1.39. The normalized spacial score (nSPS) is 12.2. The number of rotatable bonds is 8. The number of nitrogens with zero attached hydrogens (tertiary/aromatic N) is 6. The number of carbonyl (C=O) groups excluding carboxylic acids is 1. The number of likely N-dealkylation sites (N-methyl/N-ethyl adjacent to an activating group) is 1. The van der Waals surface area contributed by atoms with Gasteiger partial charge in [0.1, 0.15) is 6.20 Å². The van der Waals surface area contributed by atoms with Gasteiger partial charge in [0, 0.05) is 48.6 Å². The van der Waals surface area contributed by atoms with Gasteiger partial charge in [-0.25, -0.2) is 9.36 Å². The molecule has 0 N–H and O–H groups in total. The van der Waals surface area contributed by atoms with Crippen molar-refractivity contribution in [1.29, 1.82) is 0 Å². The highest BCUT2D eigenvalue weighted by molar-refractivity contribution is 6.15. The summed E-state index contributed by atoms with van der Waals surface area (Å²) in [6, 6.07) is 6.92. The molecular formula is C28H26N6O9. The Morgan fingerprint density at radius 3 is 2.40 bits per heavy atom. The van der Waals surface area contributed by atoms with Crippen LogP contribution in [0.5, 0.6) is 23.0 Å². The highest BCUT2D eigenvalue weighted by Gasteiger charge is 2.23. The monoisotopic (exact) mass is 590 g/mol. The van der Waals surface area contributed by atoms with E-state index in [1.165, 1.54) is 44.0 Å². The van der Waals surface area contributed by atoms with Crippen LogP contribution in [0.25, 0.3) is 32.6 Å². The van der Waals surface area contributed by atoms with Crippen LogP contribution < -0.4 is 24.5 Å². The van der Waals surface area contributed by atoms with Gasteiger partial charge in [-0.2, -0.15) is 0 Å². The predicted octanol–water partition coefficient (Wildman–Crippen LogP) is 3.36. The second-order valence-electron chi connectivity index (χ2n) is 9.79. The number of carbonyl (C=O) groups is 1. The van der Waals surface area contributed by atoms with Crippen molar-refractivity contribution in [2.45, 2.75) is 13.2 Å². The first kappa shape index (κ1) is 27.6. The van der Waals surface area contributed by atoms with Crippen LogP contribution in [0.4, 0.5) is 10.7 Å². The zero-order chi connectivity index (χ0) is 30.4. The Kier molecular flexibility index (Phi) is 6.84. The van der Waals surface area contributed by atoms with Gasteiger partial charge in [0.25, 0.3) is 5.56 Å². The molecule has 43 heavy (non-hydrogen) atoms. The van der Waals surface area contributed by atoms with E-state index in [0.29, 0.717) is 61.3 Å². The third kappa shape index (κ3) is 4.64. The van der Waals surface area contributed by atoms with E-state index >= 15 is 0 Å². The number of ether oxygens (including phenoxy) is 5. The molecule has 0 radical (unpaired) electrons. The van der Waals surface area contributed by atoms with E-state index in [0.717, 1.165) is 0 Å². The van der Waals surface area contributed by atoms with Gasteiger partial charge < -0.3 is 43.3 Å². The molecule has 1 amide bonds. The Bertz CT molecular complexity index is 2000. The molecule has 0 unspecified atom stereocenters. The molecule has 1 aliphatic rings. The zero-order valence-electron chi connectivity index (χ0n) is 23.7. The predicted molar refractivity (Wildman–Crippen MR) is 153 cm³/mol. The summed E-state index contributed by atoms with van der Waals surface area (Å²) in [5.41, 5.74) is 1.24. The Morgan fingerprint density at radius 1 is 1.02 bits per heavy atom. The molecule has 222 valence electrons. The van der Waals surface area contributed by atoms with E-state index in [-0.39, 0.29) is 38.0 Å². The number of hydrogen-bond donors (Lipinski definition) is 0. The van der Waals surface area contributed by atoms with Crippen LogP contribution in [-0.2, 0) is 24.9 Å². The summed E-state index contributed by atoms with van der Waals surface area (Å²) in [6.45, 7) is 0.0718. The van der Waals surface area contributed by atoms with Crippen molar-refractivity contribution in [3.63, 3.8) is 0 Å². The van der Waals surface area contributed by atoms with E-state index in [4.69, 9.17) is 23.7 Å². The topological polar surface area (TPSA) is 162 Å². The van der Waals surface area contributed by atoms with Gasteiger partial charge in [-0.1, -0.05) is 4.98 Å². The summed E-state index contributed by atoms with van der Waals surface area (Å²) < 4.78 is 30.3. The molecule has 5 aromatic rings. The largest absolute Gasteiger partial charge is 0.493 e. The summed E-state index contributed by atoms with van der Waals surface area (Å²) in [5.74, 6) is 1.58. The number of methoxy groups -OCH3 is 2. The maximum Gasteiger partial charge on any atom is 0.434 e. The van der Waals surface area contributed by atoms with Crippen molar-refractivity contribution < 1.29 is 33.4 Å². The van der Waals surface area contributed by atoms with Crippen molar-refractivity contribution in [1.82, 2.24) is 24.0 Å². The van der Waals surface area contributed by atoms with Crippen molar-refractivity contribution in [3.8, 4) is 23.0 Å². The highest BCUT2D eigenvalue weighted by atomic mass is 16.7. The maximum absolute atomic E-state index is 14.1. The maximum atomic E-state index is 14.1. The summed E-state index contributed by atoms with van der Waals surface area (Å²) in [4.78, 5) is 47.0. The van der Waals surface area contributed by atoms with Crippen molar-refractivity contribution >= 4 is 44.6 Å². The number of pyridine rings is 2. The highest BCUT2D eigenvalue weighted by Crippen LogP contribution is 2.40. The molecule has 0 spiro atoms. The third-order valence-electron chi connectivity index (χ3n) is 7.43. The third-order valence-corrected chi connectivity index (χ3v) is 7.43. The molecule has 0 atom stereocenters. The summed E-state index contributed by atoms with van der Waals surface area (Å²) >= 11 is 0. The van der Waals surface area contributed by atoms with Crippen LogP contribution in [0.3, 0.4) is 0 Å². The Hall–Kier alpha value is -5.60. The molecule has 4 heterocycles. The minimum absolute atomic E-state index is 0.0788. The van der Waals surface area contributed by atoms with Gasteiger partial charge in [0.05, 0.1) is 37.7 Å². The second kappa shape index (κ2) is 10.7. The van der Waals surface area contributed by atoms with Crippen LogP contribution in [0.1, 0.15) is 5.69 Å². The minimum atomic E-state index is -0.678. The molecule has 6 rings (SSSR count). The molecule has 1 aliphatic heterocycles. The van der Waals surface area contributed by atoms with Crippen LogP contribution in [0.15, 0.2) is 41.5 Å². The Labute approximate surface area is 242 Å². The first-order valence-electron chi connectivity index (χ1n) is 13.0. The van der Waals surface area contributed by atoms with Gasteiger partial charge in [-0.3, -0.25) is 9.78 Å². The number of imidazole rings is 1. The lowest BCUT2D eigenvalue weighted by molar-refractivity contribution is -0.396.